The first kappa shape index (κ1) is 18.1. The first-order valence-electron chi connectivity index (χ1n) is 8.34. The Hall–Kier alpha value is -1.27. The van der Waals surface area contributed by atoms with Crippen molar-refractivity contribution in [3.63, 3.8) is 0 Å². The van der Waals surface area contributed by atoms with Gasteiger partial charge in [0.25, 0.3) is 0 Å². The van der Waals surface area contributed by atoms with Gasteiger partial charge in [-0.25, -0.2) is 8.78 Å². The summed E-state index contributed by atoms with van der Waals surface area (Å²) in [7, 11) is 0. The van der Waals surface area contributed by atoms with E-state index < -0.39 is 11.6 Å². The van der Waals surface area contributed by atoms with E-state index in [1.165, 1.54) is 50.4 Å². The van der Waals surface area contributed by atoms with Gasteiger partial charge in [0, 0.05) is 19.1 Å². The van der Waals surface area contributed by atoms with Crippen molar-refractivity contribution in [1.29, 1.82) is 0 Å². The number of nitrogens with zero attached hydrogens (tertiary/aromatic N) is 1. The number of anilines is 1. The number of nitrogens with one attached hydrogen (secondary N) is 2. The van der Waals surface area contributed by atoms with Crippen LogP contribution in [0.4, 0.5) is 14.5 Å². The predicted octanol–water partition coefficient (Wildman–Crippen LogP) is 3.91. The van der Waals surface area contributed by atoms with Gasteiger partial charge >= 0.3 is 0 Å². The summed E-state index contributed by atoms with van der Waals surface area (Å²) < 4.78 is 27.1. The molecule has 3 nitrogen and oxygen atoms in total. The number of para-hydroxylation sites is 1. The van der Waals surface area contributed by atoms with Crippen molar-refractivity contribution in [3.05, 3.63) is 29.8 Å². The molecule has 0 spiro atoms. The molecule has 23 heavy (non-hydrogen) atoms. The summed E-state index contributed by atoms with van der Waals surface area (Å²) >= 11 is 5.10. The molecule has 2 N–H and O–H groups in total. The molecule has 1 aromatic carbocycles. The molecule has 6 heteroatoms. The Kier molecular flexibility index (Phi) is 7.17. The van der Waals surface area contributed by atoms with E-state index in [1.807, 2.05) is 0 Å². The second kappa shape index (κ2) is 9.13. The average Bonchev–Trinajstić information content (AvgIpc) is 2.55. The van der Waals surface area contributed by atoms with E-state index in [4.69, 9.17) is 12.2 Å². The maximum Gasteiger partial charge on any atom is 0.170 e. The summed E-state index contributed by atoms with van der Waals surface area (Å²) in [6, 6.07) is 4.43. The number of halogens is 2. The summed E-state index contributed by atoms with van der Waals surface area (Å²) in [5.41, 5.74) is -0.202. The summed E-state index contributed by atoms with van der Waals surface area (Å²) in [6.07, 6.45) is 6.04. The van der Waals surface area contributed by atoms with Crippen molar-refractivity contribution in [1.82, 2.24) is 10.2 Å². The number of benzene rings is 1. The van der Waals surface area contributed by atoms with E-state index in [-0.39, 0.29) is 10.8 Å². The van der Waals surface area contributed by atoms with E-state index >= 15 is 0 Å². The van der Waals surface area contributed by atoms with Gasteiger partial charge in [-0.15, -0.1) is 0 Å². The van der Waals surface area contributed by atoms with Gasteiger partial charge in [-0.05, 0) is 56.6 Å². The molecular weight excluding hydrogens is 316 g/mol. The first-order valence-corrected chi connectivity index (χ1v) is 8.75. The van der Waals surface area contributed by atoms with Crippen LogP contribution in [0.15, 0.2) is 18.2 Å². The van der Waals surface area contributed by atoms with Crippen molar-refractivity contribution in [2.45, 2.75) is 45.1 Å². The van der Waals surface area contributed by atoms with Crippen LogP contribution in [0.1, 0.15) is 39.0 Å². The highest BCUT2D eigenvalue weighted by Crippen LogP contribution is 2.19. The molecule has 0 amide bonds. The van der Waals surface area contributed by atoms with E-state index in [9.17, 15) is 8.78 Å². The van der Waals surface area contributed by atoms with Crippen molar-refractivity contribution in [3.8, 4) is 0 Å². The van der Waals surface area contributed by atoms with Crippen LogP contribution in [-0.4, -0.2) is 35.7 Å². The number of hydrogen-bond acceptors (Lipinski definition) is 2. The molecule has 0 bridgehead atoms. The summed E-state index contributed by atoms with van der Waals surface area (Å²) in [4.78, 5) is 2.54. The zero-order chi connectivity index (χ0) is 16.7. The van der Waals surface area contributed by atoms with E-state index in [0.29, 0.717) is 12.6 Å². The Labute approximate surface area is 142 Å². The van der Waals surface area contributed by atoms with Crippen molar-refractivity contribution in [2.75, 3.05) is 25.0 Å². The van der Waals surface area contributed by atoms with Gasteiger partial charge in [0.1, 0.15) is 17.3 Å². The second-order valence-corrected chi connectivity index (χ2v) is 6.33. The van der Waals surface area contributed by atoms with Gasteiger partial charge in [-0.3, -0.25) is 0 Å². The average molecular weight is 341 g/mol. The Bertz CT molecular complexity index is 504. The quantitative estimate of drug-likeness (QED) is 0.606. The Morgan fingerprint density at radius 3 is 2.74 bits per heavy atom. The fourth-order valence-corrected chi connectivity index (χ4v) is 3.28. The summed E-state index contributed by atoms with van der Waals surface area (Å²) in [5.74, 6) is -1.29. The molecule has 1 aliphatic heterocycles. The van der Waals surface area contributed by atoms with Crippen LogP contribution in [-0.2, 0) is 0 Å². The van der Waals surface area contributed by atoms with E-state index in [0.717, 1.165) is 13.0 Å². The van der Waals surface area contributed by atoms with Gasteiger partial charge in [-0.1, -0.05) is 19.4 Å². The molecule has 0 radical (unpaired) electrons. The normalized spacial score (nSPS) is 18.7. The molecule has 2 rings (SSSR count). The van der Waals surface area contributed by atoms with Crippen molar-refractivity contribution >= 4 is 23.0 Å². The van der Waals surface area contributed by atoms with Crippen molar-refractivity contribution < 1.29 is 8.78 Å². The molecule has 1 fully saturated rings. The highest BCUT2D eigenvalue weighted by Gasteiger charge is 2.19. The highest BCUT2D eigenvalue weighted by molar-refractivity contribution is 7.80. The minimum absolute atomic E-state index is 0.202. The zero-order valence-corrected chi connectivity index (χ0v) is 14.4. The van der Waals surface area contributed by atoms with Crippen molar-refractivity contribution in [2.24, 2.45) is 0 Å². The van der Waals surface area contributed by atoms with Gasteiger partial charge in [0.2, 0.25) is 0 Å². The number of rotatable bonds is 6. The molecule has 0 aromatic heterocycles. The molecule has 1 saturated heterocycles. The molecule has 0 aliphatic carbocycles. The monoisotopic (exact) mass is 341 g/mol. The lowest BCUT2D eigenvalue weighted by Gasteiger charge is -2.35. The minimum atomic E-state index is -0.645. The molecule has 1 heterocycles. The van der Waals surface area contributed by atoms with Crippen LogP contribution < -0.4 is 10.6 Å². The topological polar surface area (TPSA) is 27.3 Å². The lowest BCUT2D eigenvalue weighted by molar-refractivity contribution is 0.143. The maximum absolute atomic E-state index is 13.5. The van der Waals surface area contributed by atoms with Gasteiger partial charge in [0.15, 0.2) is 5.11 Å². The third kappa shape index (κ3) is 5.39. The molecular formula is C17H25F2N3S. The highest BCUT2D eigenvalue weighted by atomic mass is 32.1. The molecule has 1 aromatic rings. The predicted molar refractivity (Wildman–Crippen MR) is 94.7 cm³/mol. The maximum atomic E-state index is 13.5. The molecule has 1 atom stereocenters. The largest absolute Gasteiger partial charge is 0.362 e. The fraction of sp³-hybridized carbons (Fsp3) is 0.588. The third-order valence-electron chi connectivity index (χ3n) is 4.33. The molecule has 0 saturated carbocycles. The van der Waals surface area contributed by atoms with E-state index in [1.54, 1.807) is 0 Å². The van der Waals surface area contributed by atoms with Crippen LogP contribution in [0, 0.1) is 11.6 Å². The number of hydrogen-bond donors (Lipinski definition) is 2. The van der Waals surface area contributed by atoms with Crippen LogP contribution in [0.2, 0.25) is 0 Å². The smallest absolute Gasteiger partial charge is 0.170 e. The van der Waals surface area contributed by atoms with Gasteiger partial charge in [-0.2, -0.15) is 0 Å². The van der Waals surface area contributed by atoms with E-state index in [2.05, 4.69) is 22.5 Å². The minimum Gasteiger partial charge on any atom is -0.362 e. The van der Waals surface area contributed by atoms with Crippen LogP contribution in [0.5, 0.6) is 0 Å². The third-order valence-corrected chi connectivity index (χ3v) is 4.58. The van der Waals surface area contributed by atoms with Gasteiger partial charge in [0.05, 0.1) is 0 Å². The van der Waals surface area contributed by atoms with Crippen LogP contribution in [0.25, 0.3) is 0 Å². The number of piperidine rings is 1. The SMILES string of the molecule is CC[C@@H]1CCCCN1CCCNC(=S)Nc1c(F)cccc1F. The Morgan fingerprint density at radius 2 is 2.04 bits per heavy atom. The Balaban J connectivity index is 1.71. The molecule has 1 aliphatic rings. The molecule has 128 valence electrons. The lowest BCUT2D eigenvalue weighted by atomic mass is 10.00. The first-order chi connectivity index (χ1) is 11.1. The fourth-order valence-electron chi connectivity index (χ4n) is 3.08. The summed E-state index contributed by atoms with van der Waals surface area (Å²) in [6.45, 7) is 5.13. The second-order valence-electron chi connectivity index (χ2n) is 5.92. The summed E-state index contributed by atoms with van der Waals surface area (Å²) in [5, 5.41) is 5.86. The van der Waals surface area contributed by atoms with Crippen LogP contribution in [0.3, 0.4) is 0 Å². The Morgan fingerprint density at radius 1 is 1.30 bits per heavy atom. The number of thiocarbonyl (C=S) groups is 1. The van der Waals surface area contributed by atoms with Crippen LogP contribution >= 0.6 is 12.2 Å². The standard InChI is InChI=1S/C17H25F2N3S/c1-2-13-7-3-4-11-22(13)12-6-10-20-17(23)21-16-14(18)8-5-9-15(16)19/h5,8-9,13H,2-4,6-7,10-12H2,1H3,(H2,20,21,23)/t13-/m1/s1. The van der Waals surface area contributed by atoms with Gasteiger partial charge < -0.3 is 15.5 Å². The molecule has 0 unspecified atom stereocenters. The zero-order valence-electron chi connectivity index (χ0n) is 13.6. The number of likely N-dealkylation sites (tertiary alicyclic amines) is 1. The lowest BCUT2D eigenvalue weighted by Crippen LogP contribution is -2.41.